The first-order valence-corrected chi connectivity index (χ1v) is 9.58. The van der Waals surface area contributed by atoms with Gasteiger partial charge in [-0.1, -0.05) is 28.1 Å². The first-order valence-electron chi connectivity index (χ1n) is 7.07. The first kappa shape index (κ1) is 16.6. The second kappa shape index (κ2) is 7.51. The third-order valence-electron chi connectivity index (χ3n) is 3.68. The van der Waals surface area contributed by atoms with Crippen LogP contribution in [0.4, 0.5) is 0 Å². The highest BCUT2D eigenvalue weighted by Crippen LogP contribution is 2.18. The van der Waals surface area contributed by atoms with Crippen molar-refractivity contribution < 1.29 is 17.9 Å². The Balaban J connectivity index is 1.83. The Morgan fingerprint density at radius 3 is 2.43 bits per heavy atom. The molecule has 21 heavy (non-hydrogen) atoms. The molecule has 1 aliphatic rings. The number of rotatable bonds is 6. The van der Waals surface area contributed by atoms with Crippen molar-refractivity contribution in [1.29, 1.82) is 0 Å². The fourth-order valence-electron chi connectivity index (χ4n) is 2.42. The summed E-state index contributed by atoms with van der Waals surface area (Å²) >= 11 is 3.32. The number of benzene rings is 1. The number of ether oxygens (including phenoxy) is 1. The molecule has 0 amide bonds. The van der Waals surface area contributed by atoms with Gasteiger partial charge in [0.05, 0.1) is 11.0 Å². The highest BCUT2D eigenvalue weighted by atomic mass is 79.9. The molecule has 1 aromatic carbocycles. The Morgan fingerprint density at radius 1 is 1.19 bits per heavy atom. The van der Waals surface area contributed by atoms with Gasteiger partial charge in [-0.3, -0.25) is 4.79 Å². The lowest BCUT2D eigenvalue weighted by Crippen LogP contribution is -2.30. The minimum Gasteiger partial charge on any atom is -0.381 e. The second-order valence-corrected chi connectivity index (χ2v) is 8.53. The Kier molecular flexibility index (Phi) is 5.96. The van der Waals surface area contributed by atoms with Gasteiger partial charge < -0.3 is 4.74 Å². The first-order chi connectivity index (χ1) is 9.99. The van der Waals surface area contributed by atoms with Crippen LogP contribution >= 0.6 is 15.9 Å². The van der Waals surface area contributed by atoms with E-state index in [1.807, 2.05) is 12.1 Å². The van der Waals surface area contributed by atoms with Crippen molar-refractivity contribution in [2.45, 2.75) is 30.9 Å². The van der Waals surface area contributed by atoms with Crippen LogP contribution in [0.15, 0.2) is 28.7 Å². The molecule has 0 radical (unpaired) electrons. The van der Waals surface area contributed by atoms with E-state index < -0.39 is 9.84 Å². The van der Waals surface area contributed by atoms with Gasteiger partial charge in [-0.15, -0.1) is 0 Å². The Bertz CT molecular complexity index is 574. The molecule has 0 spiro atoms. The average molecular weight is 375 g/mol. The number of carbonyl (C=O) groups is 1. The van der Waals surface area contributed by atoms with Crippen molar-refractivity contribution in [1.82, 2.24) is 0 Å². The highest BCUT2D eigenvalue weighted by molar-refractivity contribution is 9.10. The quantitative estimate of drug-likeness (QED) is 0.718. The largest absolute Gasteiger partial charge is 0.381 e. The molecule has 116 valence electrons. The molecule has 0 atom stereocenters. The van der Waals surface area contributed by atoms with Crippen molar-refractivity contribution in [3.8, 4) is 0 Å². The van der Waals surface area contributed by atoms with Crippen LogP contribution in [0.5, 0.6) is 0 Å². The number of halogens is 1. The number of ketones is 1. The number of hydrogen-bond acceptors (Lipinski definition) is 4. The summed E-state index contributed by atoms with van der Waals surface area (Å²) in [6.45, 7) is 1.03. The van der Waals surface area contributed by atoms with E-state index in [1.165, 1.54) is 0 Å². The molecule has 2 rings (SSSR count). The summed E-state index contributed by atoms with van der Waals surface area (Å²) < 4.78 is 30.5. The molecule has 4 nitrogen and oxygen atoms in total. The van der Waals surface area contributed by atoms with Crippen molar-refractivity contribution in [3.63, 3.8) is 0 Å². The lowest BCUT2D eigenvalue weighted by Gasteiger charge is -2.21. The van der Waals surface area contributed by atoms with Crippen LogP contribution in [0.3, 0.4) is 0 Å². The van der Waals surface area contributed by atoms with Crippen LogP contribution in [0.2, 0.25) is 0 Å². The molecule has 1 fully saturated rings. The fourth-order valence-corrected chi connectivity index (χ4v) is 4.47. The predicted octanol–water partition coefficient (Wildman–Crippen LogP) is 3.01. The minimum atomic E-state index is -3.11. The number of Topliss-reactive ketones (excluding diaryl/α,β-unsaturated/α-hetero) is 1. The monoisotopic (exact) mass is 374 g/mol. The summed E-state index contributed by atoms with van der Waals surface area (Å²) in [5, 5.41) is -0.297. The van der Waals surface area contributed by atoms with Crippen LogP contribution in [0.25, 0.3) is 0 Å². The molecule has 0 unspecified atom stereocenters. The zero-order chi connectivity index (χ0) is 15.3. The molecule has 1 saturated heterocycles. The van der Waals surface area contributed by atoms with E-state index in [9.17, 15) is 13.2 Å². The summed E-state index contributed by atoms with van der Waals surface area (Å²) in [7, 11) is -3.11. The third kappa shape index (κ3) is 4.90. The molecule has 1 aromatic rings. The average Bonchev–Trinajstić information content (AvgIpc) is 2.48. The van der Waals surface area contributed by atoms with Crippen LogP contribution in [0.1, 0.15) is 36.0 Å². The van der Waals surface area contributed by atoms with E-state index in [-0.39, 0.29) is 23.2 Å². The summed E-state index contributed by atoms with van der Waals surface area (Å²) in [6, 6.07) is 7.12. The van der Waals surface area contributed by atoms with Crippen molar-refractivity contribution in [3.05, 3.63) is 34.3 Å². The molecule has 1 aliphatic heterocycles. The van der Waals surface area contributed by atoms with Crippen LogP contribution in [-0.4, -0.2) is 38.4 Å². The molecule has 0 bridgehead atoms. The van der Waals surface area contributed by atoms with Gasteiger partial charge in [0.2, 0.25) is 0 Å². The van der Waals surface area contributed by atoms with E-state index in [1.54, 1.807) is 12.1 Å². The Labute approximate surface area is 133 Å². The van der Waals surface area contributed by atoms with Gasteiger partial charge in [0.1, 0.15) is 0 Å². The molecule has 6 heteroatoms. The number of hydrogen-bond donors (Lipinski definition) is 0. The third-order valence-corrected chi connectivity index (χ3v) is 6.55. The van der Waals surface area contributed by atoms with Gasteiger partial charge in [0, 0.05) is 29.7 Å². The predicted molar refractivity (Wildman–Crippen MR) is 85.3 cm³/mol. The molecule has 0 aromatic heterocycles. The second-order valence-electron chi connectivity index (χ2n) is 5.21. The highest BCUT2D eigenvalue weighted by Gasteiger charge is 2.27. The van der Waals surface area contributed by atoms with Crippen LogP contribution < -0.4 is 0 Å². The smallest absolute Gasteiger partial charge is 0.162 e. The number of carbonyl (C=O) groups excluding carboxylic acids is 1. The van der Waals surface area contributed by atoms with Gasteiger partial charge >= 0.3 is 0 Å². The summed E-state index contributed by atoms with van der Waals surface area (Å²) in [4.78, 5) is 12.0. The lowest BCUT2D eigenvalue weighted by molar-refractivity contribution is 0.0974. The van der Waals surface area contributed by atoms with E-state index in [2.05, 4.69) is 15.9 Å². The summed E-state index contributed by atoms with van der Waals surface area (Å²) in [5.74, 6) is 0.0737. The van der Waals surface area contributed by atoms with Gasteiger partial charge in [-0.25, -0.2) is 8.42 Å². The molecular formula is C15H19BrO4S. The molecule has 1 heterocycles. The zero-order valence-electron chi connectivity index (χ0n) is 11.8. The maximum Gasteiger partial charge on any atom is 0.162 e. The van der Waals surface area contributed by atoms with E-state index >= 15 is 0 Å². The van der Waals surface area contributed by atoms with Crippen LogP contribution in [0, 0.1) is 0 Å². The molecule has 0 aliphatic carbocycles. The van der Waals surface area contributed by atoms with E-state index in [0.717, 1.165) is 4.47 Å². The van der Waals surface area contributed by atoms with E-state index in [0.29, 0.717) is 38.0 Å². The van der Waals surface area contributed by atoms with Crippen molar-refractivity contribution >= 4 is 31.6 Å². The standard InChI is InChI=1S/C15H19BrO4S/c16-13-5-3-12(4-6-13)15(17)2-1-11-21(18,19)14-7-9-20-10-8-14/h3-6,14H,1-2,7-11H2. The molecule has 0 N–H and O–H groups in total. The number of sulfone groups is 1. The maximum atomic E-state index is 12.2. The summed E-state index contributed by atoms with van der Waals surface area (Å²) in [6.07, 6.45) is 1.80. The summed E-state index contributed by atoms with van der Waals surface area (Å²) in [5.41, 5.74) is 0.627. The topological polar surface area (TPSA) is 60.4 Å². The van der Waals surface area contributed by atoms with Gasteiger partial charge in [-0.2, -0.15) is 0 Å². The fraction of sp³-hybridized carbons (Fsp3) is 0.533. The molecule has 0 saturated carbocycles. The van der Waals surface area contributed by atoms with Crippen molar-refractivity contribution in [2.75, 3.05) is 19.0 Å². The zero-order valence-corrected chi connectivity index (χ0v) is 14.2. The maximum absolute atomic E-state index is 12.2. The van der Waals surface area contributed by atoms with Gasteiger partial charge in [0.15, 0.2) is 15.6 Å². The minimum absolute atomic E-state index is 0.00956. The van der Waals surface area contributed by atoms with Crippen molar-refractivity contribution in [2.24, 2.45) is 0 Å². The van der Waals surface area contributed by atoms with E-state index in [4.69, 9.17) is 4.74 Å². The normalized spacial score (nSPS) is 16.8. The van der Waals surface area contributed by atoms with Gasteiger partial charge in [0.25, 0.3) is 0 Å². The SMILES string of the molecule is O=C(CCCS(=O)(=O)C1CCOCC1)c1ccc(Br)cc1. The van der Waals surface area contributed by atoms with Crippen LogP contribution in [-0.2, 0) is 14.6 Å². The van der Waals surface area contributed by atoms with Gasteiger partial charge in [-0.05, 0) is 31.4 Å². The Morgan fingerprint density at radius 2 is 1.81 bits per heavy atom. The Hall–Kier alpha value is -0.720. The molecular weight excluding hydrogens is 356 g/mol. The lowest BCUT2D eigenvalue weighted by atomic mass is 10.1.